The maximum Gasteiger partial charge on any atom is 0.321 e. The standard InChI is InChI=1S/C19H23NO2/c1-2-7-15-10-6-11-17(12-15)14-20-18(19(21)22)13-16-8-4-3-5-9-16/h3-6,8-12,18,20H,2,7,13-14H2,1H3,(H,21,22)/t18-/m0/s1. The lowest BCUT2D eigenvalue weighted by atomic mass is 10.0. The van der Waals surface area contributed by atoms with E-state index in [9.17, 15) is 9.90 Å². The average Bonchev–Trinajstić information content (AvgIpc) is 2.53. The molecule has 0 fully saturated rings. The summed E-state index contributed by atoms with van der Waals surface area (Å²) in [6, 6.07) is 17.5. The quantitative estimate of drug-likeness (QED) is 0.785. The third-order valence-corrected chi connectivity index (χ3v) is 3.66. The van der Waals surface area contributed by atoms with Crippen LogP contribution in [0.5, 0.6) is 0 Å². The Bertz CT molecular complexity index is 595. The van der Waals surface area contributed by atoms with Crippen LogP contribution in [-0.4, -0.2) is 17.1 Å². The first-order chi connectivity index (χ1) is 10.7. The number of carbonyl (C=O) groups is 1. The lowest BCUT2D eigenvalue weighted by Crippen LogP contribution is -2.38. The molecule has 3 heteroatoms. The lowest BCUT2D eigenvalue weighted by Gasteiger charge is -2.15. The molecule has 0 aromatic heterocycles. The van der Waals surface area contributed by atoms with Crippen LogP contribution in [0.1, 0.15) is 30.0 Å². The SMILES string of the molecule is CCCc1cccc(CN[C@@H](Cc2ccccc2)C(=O)O)c1. The van der Waals surface area contributed by atoms with E-state index >= 15 is 0 Å². The molecule has 0 aliphatic carbocycles. The molecule has 1 atom stereocenters. The Labute approximate surface area is 132 Å². The Hall–Kier alpha value is -2.13. The molecular formula is C19H23NO2. The summed E-state index contributed by atoms with van der Waals surface area (Å²) in [6.45, 7) is 2.73. The van der Waals surface area contributed by atoms with Crippen LogP contribution in [0.15, 0.2) is 54.6 Å². The van der Waals surface area contributed by atoms with Gasteiger partial charge in [-0.15, -0.1) is 0 Å². The Morgan fingerprint density at radius 2 is 1.73 bits per heavy atom. The number of benzene rings is 2. The molecule has 0 unspecified atom stereocenters. The van der Waals surface area contributed by atoms with Gasteiger partial charge in [-0.2, -0.15) is 0 Å². The van der Waals surface area contributed by atoms with Gasteiger partial charge in [0.15, 0.2) is 0 Å². The fourth-order valence-electron chi connectivity index (χ4n) is 2.52. The molecule has 0 radical (unpaired) electrons. The van der Waals surface area contributed by atoms with E-state index in [-0.39, 0.29) is 0 Å². The minimum absolute atomic E-state index is 0.491. The number of hydrogen-bond acceptors (Lipinski definition) is 2. The highest BCUT2D eigenvalue weighted by Gasteiger charge is 2.17. The van der Waals surface area contributed by atoms with Crippen LogP contribution in [0.2, 0.25) is 0 Å². The normalized spacial score (nSPS) is 12.0. The molecule has 0 spiro atoms. The zero-order valence-corrected chi connectivity index (χ0v) is 13.0. The van der Waals surface area contributed by atoms with E-state index in [2.05, 4.69) is 24.4 Å². The summed E-state index contributed by atoms with van der Waals surface area (Å²) in [6.07, 6.45) is 2.66. The Morgan fingerprint density at radius 3 is 2.41 bits per heavy atom. The summed E-state index contributed by atoms with van der Waals surface area (Å²) < 4.78 is 0. The van der Waals surface area contributed by atoms with Crippen LogP contribution < -0.4 is 5.32 Å². The van der Waals surface area contributed by atoms with Crippen LogP contribution >= 0.6 is 0 Å². The highest BCUT2D eigenvalue weighted by molar-refractivity contribution is 5.73. The van der Waals surface area contributed by atoms with Crippen molar-refractivity contribution >= 4 is 5.97 Å². The van der Waals surface area contributed by atoms with Gasteiger partial charge in [0.2, 0.25) is 0 Å². The molecule has 2 aromatic rings. The van der Waals surface area contributed by atoms with Crippen LogP contribution in [0.25, 0.3) is 0 Å². The van der Waals surface area contributed by atoms with E-state index in [1.807, 2.05) is 42.5 Å². The Morgan fingerprint density at radius 1 is 1.05 bits per heavy atom. The molecule has 2 N–H and O–H groups in total. The monoisotopic (exact) mass is 297 g/mol. The summed E-state index contributed by atoms with van der Waals surface area (Å²) in [5.74, 6) is -0.812. The number of aryl methyl sites for hydroxylation is 1. The van der Waals surface area contributed by atoms with Crippen molar-refractivity contribution in [1.82, 2.24) is 5.32 Å². The van der Waals surface area contributed by atoms with Crippen molar-refractivity contribution in [3.8, 4) is 0 Å². The van der Waals surface area contributed by atoms with Gasteiger partial charge in [0.25, 0.3) is 0 Å². The summed E-state index contributed by atoms with van der Waals surface area (Å²) in [5.41, 5.74) is 3.46. The largest absolute Gasteiger partial charge is 0.480 e. The maximum absolute atomic E-state index is 11.4. The highest BCUT2D eigenvalue weighted by atomic mass is 16.4. The molecule has 0 bridgehead atoms. The smallest absolute Gasteiger partial charge is 0.321 e. The van der Waals surface area contributed by atoms with Gasteiger partial charge < -0.3 is 10.4 Å². The first kappa shape index (κ1) is 16.2. The van der Waals surface area contributed by atoms with Gasteiger partial charge in [0.05, 0.1) is 0 Å². The first-order valence-electron chi connectivity index (χ1n) is 7.77. The van der Waals surface area contributed by atoms with Crippen LogP contribution in [0.4, 0.5) is 0 Å². The summed E-state index contributed by atoms with van der Waals surface area (Å²) in [7, 11) is 0. The zero-order chi connectivity index (χ0) is 15.8. The third kappa shape index (κ3) is 5.01. The van der Waals surface area contributed by atoms with E-state index in [0.29, 0.717) is 13.0 Å². The minimum Gasteiger partial charge on any atom is -0.480 e. The van der Waals surface area contributed by atoms with E-state index in [1.54, 1.807) is 0 Å². The van der Waals surface area contributed by atoms with Crippen LogP contribution in [0, 0.1) is 0 Å². The van der Waals surface area contributed by atoms with Crippen LogP contribution in [-0.2, 0) is 24.2 Å². The van der Waals surface area contributed by atoms with E-state index in [1.165, 1.54) is 5.56 Å². The lowest BCUT2D eigenvalue weighted by molar-refractivity contribution is -0.139. The van der Waals surface area contributed by atoms with Gasteiger partial charge in [-0.25, -0.2) is 0 Å². The molecule has 0 saturated carbocycles. The number of carboxylic acid groups (broad SMARTS) is 1. The molecule has 0 heterocycles. The molecule has 116 valence electrons. The number of hydrogen-bond donors (Lipinski definition) is 2. The van der Waals surface area contributed by atoms with Crippen molar-refractivity contribution in [2.24, 2.45) is 0 Å². The first-order valence-corrected chi connectivity index (χ1v) is 7.77. The van der Waals surface area contributed by atoms with Crippen molar-refractivity contribution in [2.45, 2.75) is 38.8 Å². The van der Waals surface area contributed by atoms with Crippen molar-refractivity contribution in [1.29, 1.82) is 0 Å². The van der Waals surface area contributed by atoms with E-state index < -0.39 is 12.0 Å². The zero-order valence-electron chi connectivity index (χ0n) is 13.0. The fourth-order valence-corrected chi connectivity index (χ4v) is 2.52. The fraction of sp³-hybridized carbons (Fsp3) is 0.316. The molecule has 3 nitrogen and oxygen atoms in total. The van der Waals surface area contributed by atoms with Crippen molar-refractivity contribution < 1.29 is 9.90 Å². The molecule has 2 rings (SSSR count). The molecule has 22 heavy (non-hydrogen) atoms. The van der Waals surface area contributed by atoms with Gasteiger partial charge in [-0.1, -0.05) is 67.9 Å². The predicted molar refractivity (Wildman–Crippen MR) is 88.8 cm³/mol. The van der Waals surface area contributed by atoms with Crippen molar-refractivity contribution in [3.05, 3.63) is 71.3 Å². The molecule has 0 amide bonds. The minimum atomic E-state index is -0.812. The van der Waals surface area contributed by atoms with Gasteiger partial charge >= 0.3 is 5.97 Å². The number of carboxylic acids is 1. The number of aliphatic carboxylic acids is 1. The molecular weight excluding hydrogens is 274 g/mol. The van der Waals surface area contributed by atoms with Crippen molar-refractivity contribution in [3.63, 3.8) is 0 Å². The Kier molecular flexibility index (Phi) is 6.16. The second-order valence-electron chi connectivity index (χ2n) is 5.53. The second-order valence-corrected chi connectivity index (χ2v) is 5.53. The topological polar surface area (TPSA) is 49.3 Å². The molecule has 0 aliphatic rings. The highest BCUT2D eigenvalue weighted by Crippen LogP contribution is 2.09. The number of nitrogens with one attached hydrogen (secondary N) is 1. The Balaban J connectivity index is 1.97. The molecule has 2 aromatic carbocycles. The summed E-state index contributed by atoms with van der Waals surface area (Å²) in [4.78, 5) is 11.4. The van der Waals surface area contributed by atoms with E-state index in [0.717, 1.165) is 24.0 Å². The van der Waals surface area contributed by atoms with Gasteiger partial charge in [0, 0.05) is 6.54 Å². The number of rotatable bonds is 8. The maximum atomic E-state index is 11.4. The predicted octanol–water partition coefficient (Wildman–Crippen LogP) is 3.42. The average molecular weight is 297 g/mol. The van der Waals surface area contributed by atoms with Gasteiger partial charge in [0.1, 0.15) is 6.04 Å². The van der Waals surface area contributed by atoms with E-state index in [4.69, 9.17) is 0 Å². The van der Waals surface area contributed by atoms with Gasteiger partial charge in [-0.05, 0) is 29.5 Å². The second kappa shape index (κ2) is 8.35. The summed E-state index contributed by atoms with van der Waals surface area (Å²) >= 11 is 0. The third-order valence-electron chi connectivity index (χ3n) is 3.66. The van der Waals surface area contributed by atoms with Gasteiger partial charge in [-0.3, -0.25) is 4.79 Å². The molecule has 0 saturated heterocycles. The van der Waals surface area contributed by atoms with Crippen LogP contribution in [0.3, 0.4) is 0 Å². The summed E-state index contributed by atoms with van der Waals surface area (Å²) in [5, 5.41) is 12.5. The molecule has 0 aliphatic heterocycles. The van der Waals surface area contributed by atoms with Crippen molar-refractivity contribution in [2.75, 3.05) is 0 Å².